The predicted octanol–water partition coefficient (Wildman–Crippen LogP) is 4.29. The highest BCUT2D eigenvalue weighted by Crippen LogP contribution is 2.37. The van der Waals surface area contributed by atoms with Crippen molar-refractivity contribution in [2.75, 3.05) is 0 Å². The molecule has 0 spiro atoms. The van der Waals surface area contributed by atoms with Gasteiger partial charge in [0.15, 0.2) is 0 Å². The van der Waals surface area contributed by atoms with Crippen molar-refractivity contribution >= 4 is 11.3 Å². The molecule has 1 heteroatoms. The van der Waals surface area contributed by atoms with Crippen LogP contribution in [0.15, 0.2) is 0 Å². The Hall–Kier alpha value is -0.300. The molecule has 0 nitrogen and oxygen atoms in total. The van der Waals surface area contributed by atoms with Crippen LogP contribution in [-0.4, -0.2) is 0 Å². The Labute approximate surface area is 96.7 Å². The standard InChI is InChI=1S/C14H20S/c1-3-7-11-12-8-4-2-6-10-14(12)15-13(11)9-5-1/h1-10H2. The fourth-order valence-corrected chi connectivity index (χ4v) is 4.61. The van der Waals surface area contributed by atoms with Gasteiger partial charge in [0.25, 0.3) is 0 Å². The summed E-state index contributed by atoms with van der Waals surface area (Å²) in [5.41, 5.74) is 3.60. The lowest BCUT2D eigenvalue weighted by Gasteiger charge is -2.03. The van der Waals surface area contributed by atoms with E-state index in [0.29, 0.717) is 0 Å². The third-order valence-electron chi connectivity index (χ3n) is 3.95. The van der Waals surface area contributed by atoms with E-state index in [-0.39, 0.29) is 0 Å². The monoisotopic (exact) mass is 220 g/mol. The van der Waals surface area contributed by atoms with Gasteiger partial charge in [0.2, 0.25) is 0 Å². The summed E-state index contributed by atoms with van der Waals surface area (Å²) in [7, 11) is 0. The first-order valence-corrected chi connectivity index (χ1v) is 7.39. The van der Waals surface area contributed by atoms with E-state index in [4.69, 9.17) is 0 Å². The van der Waals surface area contributed by atoms with Crippen LogP contribution in [0.1, 0.15) is 59.4 Å². The predicted molar refractivity (Wildman–Crippen MR) is 66.8 cm³/mol. The van der Waals surface area contributed by atoms with Crippen LogP contribution in [0, 0.1) is 0 Å². The van der Waals surface area contributed by atoms with Gasteiger partial charge in [-0.3, -0.25) is 0 Å². The second-order valence-electron chi connectivity index (χ2n) is 5.03. The minimum absolute atomic E-state index is 1.38. The summed E-state index contributed by atoms with van der Waals surface area (Å²) in [6.07, 6.45) is 14.2. The van der Waals surface area contributed by atoms with Crippen molar-refractivity contribution < 1.29 is 0 Å². The van der Waals surface area contributed by atoms with E-state index in [1.54, 1.807) is 20.9 Å². The van der Waals surface area contributed by atoms with E-state index in [1.165, 1.54) is 64.2 Å². The van der Waals surface area contributed by atoms with Crippen LogP contribution < -0.4 is 0 Å². The summed E-state index contributed by atoms with van der Waals surface area (Å²) in [4.78, 5) is 3.53. The van der Waals surface area contributed by atoms with Crippen LogP contribution in [-0.2, 0) is 25.7 Å². The summed E-state index contributed by atoms with van der Waals surface area (Å²) in [5, 5.41) is 0. The van der Waals surface area contributed by atoms with E-state index >= 15 is 0 Å². The molecule has 1 aromatic heterocycles. The fraction of sp³-hybridized carbons (Fsp3) is 0.714. The largest absolute Gasteiger partial charge is 0.145 e. The lowest BCUT2D eigenvalue weighted by atomic mass is 10.0. The summed E-state index contributed by atoms with van der Waals surface area (Å²) >= 11 is 2.16. The average Bonchev–Trinajstić information content (AvgIpc) is 2.51. The maximum Gasteiger partial charge on any atom is 0.00830 e. The number of hydrogen-bond donors (Lipinski definition) is 0. The first-order chi connectivity index (χ1) is 7.45. The Kier molecular flexibility index (Phi) is 2.83. The Morgan fingerprint density at radius 2 is 1.00 bits per heavy atom. The second kappa shape index (κ2) is 4.29. The molecule has 2 aliphatic rings. The third-order valence-corrected chi connectivity index (χ3v) is 5.34. The summed E-state index contributed by atoms with van der Waals surface area (Å²) in [6, 6.07) is 0. The molecule has 0 saturated carbocycles. The maximum absolute atomic E-state index is 2.16. The van der Waals surface area contributed by atoms with Crippen molar-refractivity contribution in [3.63, 3.8) is 0 Å². The minimum Gasteiger partial charge on any atom is -0.145 e. The minimum atomic E-state index is 1.38. The third kappa shape index (κ3) is 1.87. The molecule has 2 aliphatic carbocycles. The Balaban J connectivity index is 2.00. The van der Waals surface area contributed by atoms with Crippen LogP contribution >= 0.6 is 11.3 Å². The maximum atomic E-state index is 2.16. The molecular weight excluding hydrogens is 200 g/mol. The van der Waals surface area contributed by atoms with Gasteiger partial charge in [-0.25, -0.2) is 0 Å². The van der Waals surface area contributed by atoms with Gasteiger partial charge in [-0.2, -0.15) is 0 Å². The van der Waals surface area contributed by atoms with Crippen molar-refractivity contribution in [1.82, 2.24) is 0 Å². The van der Waals surface area contributed by atoms with Gasteiger partial charge < -0.3 is 0 Å². The highest BCUT2D eigenvalue weighted by Gasteiger charge is 2.20. The average molecular weight is 220 g/mol. The van der Waals surface area contributed by atoms with E-state index in [1.807, 2.05) is 0 Å². The molecule has 1 heterocycles. The zero-order valence-electron chi connectivity index (χ0n) is 9.48. The quantitative estimate of drug-likeness (QED) is 0.572. The molecule has 0 fully saturated rings. The number of thiophene rings is 1. The van der Waals surface area contributed by atoms with Gasteiger partial charge in [0.05, 0.1) is 0 Å². The van der Waals surface area contributed by atoms with Gasteiger partial charge in [0, 0.05) is 9.75 Å². The van der Waals surface area contributed by atoms with E-state index in [2.05, 4.69) is 11.3 Å². The van der Waals surface area contributed by atoms with E-state index in [9.17, 15) is 0 Å². The lowest BCUT2D eigenvalue weighted by Crippen LogP contribution is -1.92. The lowest BCUT2D eigenvalue weighted by molar-refractivity contribution is 0.704. The molecule has 3 rings (SSSR count). The Morgan fingerprint density at radius 3 is 1.53 bits per heavy atom. The molecule has 0 aromatic carbocycles. The molecular formula is C14H20S. The van der Waals surface area contributed by atoms with Crippen molar-refractivity contribution in [2.45, 2.75) is 64.2 Å². The highest BCUT2D eigenvalue weighted by molar-refractivity contribution is 7.12. The van der Waals surface area contributed by atoms with E-state index < -0.39 is 0 Å². The van der Waals surface area contributed by atoms with Gasteiger partial charge in [-0.05, 0) is 62.5 Å². The first kappa shape index (κ1) is 9.89. The van der Waals surface area contributed by atoms with Crippen LogP contribution in [0.2, 0.25) is 0 Å². The topological polar surface area (TPSA) is 0 Å². The Bertz CT molecular complexity index is 316. The van der Waals surface area contributed by atoms with Crippen molar-refractivity contribution in [3.8, 4) is 0 Å². The molecule has 0 saturated heterocycles. The molecule has 0 N–H and O–H groups in total. The molecule has 15 heavy (non-hydrogen) atoms. The molecule has 1 aromatic rings. The smallest absolute Gasteiger partial charge is 0.00830 e. The summed E-state index contributed by atoms with van der Waals surface area (Å²) < 4.78 is 0. The number of hydrogen-bond acceptors (Lipinski definition) is 1. The van der Waals surface area contributed by atoms with Crippen LogP contribution in [0.25, 0.3) is 0 Å². The Morgan fingerprint density at radius 1 is 0.533 bits per heavy atom. The molecule has 0 bridgehead atoms. The van der Waals surface area contributed by atoms with Crippen molar-refractivity contribution in [1.29, 1.82) is 0 Å². The molecule has 82 valence electrons. The van der Waals surface area contributed by atoms with Gasteiger partial charge in [-0.1, -0.05) is 12.8 Å². The molecule has 0 amide bonds. The fourth-order valence-electron chi connectivity index (χ4n) is 3.12. The van der Waals surface area contributed by atoms with Crippen LogP contribution in [0.3, 0.4) is 0 Å². The number of aryl methyl sites for hydroxylation is 2. The second-order valence-corrected chi connectivity index (χ2v) is 6.22. The van der Waals surface area contributed by atoms with Gasteiger partial charge >= 0.3 is 0 Å². The molecule has 0 aliphatic heterocycles. The normalized spacial score (nSPS) is 21.3. The molecule has 0 atom stereocenters. The number of rotatable bonds is 0. The molecule has 0 radical (unpaired) electrons. The number of fused-ring (bicyclic) bond motifs is 3. The van der Waals surface area contributed by atoms with E-state index in [0.717, 1.165) is 0 Å². The SMILES string of the molecule is C1CCc2sc3c(c2CC1)CCCCC3. The van der Waals surface area contributed by atoms with Crippen molar-refractivity contribution in [3.05, 3.63) is 20.9 Å². The summed E-state index contributed by atoms with van der Waals surface area (Å²) in [5.74, 6) is 0. The van der Waals surface area contributed by atoms with Gasteiger partial charge in [0.1, 0.15) is 0 Å². The van der Waals surface area contributed by atoms with Crippen LogP contribution in [0.4, 0.5) is 0 Å². The zero-order valence-corrected chi connectivity index (χ0v) is 10.3. The highest BCUT2D eigenvalue weighted by atomic mass is 32.1. The zero-order chi connectivity index (χ0) is 10.1. The van der Waals surface area contributed by atoms with Gasteiger partial charge in [-0.15, -0.1) is 11.3 Å². The van der Waals surface area contributed by atoms with Crippen LogP contribution in [0.5, 0.6) is 0 Å². The first-order valence-electron chi connectivity index (χ1n) is 6.57. The summed E-state index contributed by atoms with van der Waals surface area (Å²) in [6.45, 7) is 0. The molecule has 0 unspecified atom stereocenters. The van der Waals surface area contributed by atoms with Crippen molar-refractivity contribution in [2.24, 2.45) is 0 Å².